The molecule has 0 spiro atoms. The summed E-state index contributed by atoms with van der Waals surface area (Å²) >= 11 is 0. The van der Waals surface area contributed by atoms with Crippen LogP contribution in [0.25, 0.3) is 0 Å². The van der Waals surface area contributed by atoms with Crippen LogP contribution in [0.2, 0.25) is 0 Å². The molecule has 0 saturated carbocycles. The third-order valence-corrected chi connectivity index (χ3v) is 4.10. The number of ether oxygens (including phenoxy) is 1. The highest BCUT2D eigenvalue weighted by Crippen LogP contribution is 2.32. The summed E-state index contributed by atoms with van der Waals surface area (Å²) in [6, 6.07) is 14.5. The van der Waals surface area contributed by atoms with E-state index >= 15 is 0 Å². The van der Waals surface area contributed by atoms with Gasteiger partial charge in [0.1, 0.15) is 5.75 Å². The number of benzene rings is 2. The van der Waals surface area contributed by atoms with E-state index in [0.29, 0.717) is 5.92 Å². The third kappa shape index (κ3) is 2.82. The molecule has 3 nitrogen and oxygen atoms in total. The largest absolute Gasteiger partial charge is 0.496 e. The lowest BCUT2D eigenvalue weighted by atomic mass is 9.93. The van der Waals surface area contributed by atoms with E-state index in [4.69, 9.17) is 10.5 Å². The van der Waals surface area contributed by atoms with E-state index in [-0.39, 0.29) is 0 Å². The minimum atomic E-state index is 0.659. The van der Waals surface area contributed by atoms with Crippen LogP contribution in [0.15, 0.2) is 42.5 Å². The number of methoxy groups -OCH3 is 1. The average molecular weight is 282 g/mol. The normalized spacial score (nSPS) is 17.4. The van der Waals surface area contributed by atoms with Gasteiger partial charge in [0.05, 0.1) is 7.11 Å². The molecule has 1 aliphatic rings. The highest BCUT2D eigenvalue weighted by Gasteiger charge is 2.22. The van der Waals surface area contributed by atoms with Crippen molar-refractivity contribution in [2.24, 2.45) is 5.92 Å². The number of nitrogen functional groups attached to an aromatic ring is 1. The predicted octanol–water partition coefficient (Wildman–Crippen LogP) is 3.48. The molecule has 1 unspecified atom stereocenters. The molecular weight excluding hydrogens is 260 g/mol. The van der Waals surface area contributed by atoms with Gasteiger partial charge in [-0.2, -0.15) is 0 Å². The molecular formula is C18H22N2O. The standard InChI is InChI=1S/C18H22N2O/c1-13-9-14-5-3-4-6-17(14)20(11-13)12-15-10-16(19)7-8-18(15)21-2/h3-8,10,13H,9,11-12,19H2,1-2H3. The van der Waals surface area contributed by atoms with Gasteiger partial charge in [-0.05, 0) is 42.2 Å². The molecule has 0 fully saturated rings. The van der Waals surface area contributed by atoms with E-state index < -0.39 is 0 Å². The van der Waals surface area contributed by atoms with Gasteiger partial charge >= 0.3 is 0 Å². The monoisotopic (exact) mass is 282 g/mol. The molecule has 1 aliphatic heterocycles. The van der Waals surface area contributed by atoms with Gasteiger partial charge in [-0.25, -0.2) is 0 Å². The lowest BCUT2D eigenvalue weighted by Gasteiger charge is -2.35. The molecule has 21 heavy (non-hydrogen) atoms. The lowest BCUT2D eigenvalue weighted by Crippen LogP contribution is -2.33. The summed E-state index contributed by atoms with van der Waals surface area (Å²) in [7, 11) is 1.71. The van der Waals surface area contributed by atoms with Gasteiger partial charge in [0.2, 0.25) is 0 Å². The van der Waals surface area contributed by atoms with Crippen molar-refractivity contribution < 1.29 is 4.74 Å². The first-order chi connectivity index (χ1) is 10.2. The van der Waals surface area contributed by atoms with Gasteiger partial charge in [0.15, 0.2) is 0 Å². The zero-order valence-electron chi connectivity index (χ0n) is 12.7. The second-order valence-corrected chi connectivity index (χ2v) is 5.89. The highest BCUT2D eigenvalue weighted by molar-refractivity contribution is 5.57. The minimum absolute atomic E-state index is 0.659. The molecule has 2 aromatic carbocycles. The van der Waals surface area contributed by atoms with Gasteiger partial charge in [0.25, 0.3) is 0 Å². The molecule has 0 aromatic heterocycles. The van der Waals surface area contributed by atoms with Crippen molar-refractivity contribution in [3.05, 3.63) is 53.6 Å². The number of nitrogens with two attached hydrogens (primary N) is 1. The zero-order valence-corrected chi connectivity index (χ0v) is 12.7. The van der Waals surface area contributed by atoms with Gasteiger partial charge in [-0.15, -0.1) is 0 Å². The van der Waals surface area contributed by atoms with Crippen molar-refractivity contribution in [2.75, 3.05) is 24.3 Å². The molecule has 3 rings (SSSR count). The Kier molecular flexibility index (Phi) is 3.74. The van der Waals surface area contributed by atoms with E-state index in [1.807, 2.05) is 18.2 Å². The van der Waals surface area contributed by atoms with Gasteiger partial charge in [0, 0.05) is 30.0 Å². The van der Waals surface area contributed by atoms with E-state index in [9.17, 15) is 0 Å². The second kappa shape index (κ2) is 5.68. The van der Waals surface area contributed by atoms with Crippen LogP contribution in [0, 0.1) is 5.92 Å². The van der Waals surface area contributed by atoms with Gasteiger partial charge in [-0.3, -0.25) is 0 Å². The lowest BCUT2D eigenvalue weighted by molar-refractivity contribution is 0.408. The molecule has 0 amide bonds. The van der Waals surface area contributed by atoms with Crippen LogP contribution in [0.3, 0.4) is 0 Å². The number of fused-ring (bicyclic) bond motifs is 1. The SMILES string of the molecule is COc1ccc(N)cc1CN1CC(C)Cc2ccccc21. The molecule has 0 radical (unpaired) electrons. The van der Waals surface area contributed by atoms with Crippen LogP contribution in [-0.2, 0) is 13.0 Å². The number of anilines is 2. The van der Waals surface area contributed by atoms with E-state index in [2.05, 4.69) is 36.1 Å². The summed E-state index contributed by atoms with van der Waals surface area (Å²) < 4.78 is 5.47. The first kappa shape index (κ1) is 13.8. The van der Waals surface area contributed by atoms with Crippen LogP contribution >= 0.6 is 0 Å². The molecule has 0 aliphatic carbocycles. The summed E-state index contributed by atoms with van der Waals surface area (Å²) in [5, 5.41) is 0. The van der Waals surface area contributed by atoms with Crippen molar-refractivity contribution in [1.29, 1.82) is 0 Å². The number of hydrogen-bond acceptors (Lipinski definition) is 3. The average Bonchev–Trinajstić information content (AvgIpc) is 2.47. The van der Waals surface area contributed by atoms with E-state index in [1.54, 1.807) is 7.11 Å². The Balaban J connectivity index is 1.93. The molecule has 0 saturated heterocycles. The quantitative estimate of drug-likeness (QED) is 0.876. The summed E-state index contributed by atoms with van der Waals surface area (Å²) in [5.74, 6) is 1.56. The van der Waals surface area contributed by atoms with E-state index in [1.165, 1.54) is 11.3 Å². The molecule has 2 aromatic rings. The molecule has 0 bridgehead atoms. The Morgan fingerprint density at radius 3 is 2.86 bits per heavy atom. The summed E-state index contributed by atoms with van der Waals surface area (Å²) in [6.45, 7) is 4.20. The van der Waals surface area contributed by atoms with Crippen LogP contribution in [0.5, 0.6) is 5.75 Å². The van der Waals surface area contributed by atoms with Crippen LogP contribution < -0.4 is 15.4 Å². The summed E-state index contributed by atoms with van der Waals surface area (Å²) in [6.07, 6.45) is 1.15. The first-order valence-electron chi connectivity index (χ1n) is 7.42. The number of rotatable bonds is 3. The number of para-hydroxylation sites is 1. The van der Waals surface area contributed by atoms with Crippen LogP contribution in [0.4, 0.5) is 11.4 Å². The fraction of sp³-hybridized carbons (Fsp3) is 0.333. The van der Waals surface area contributed by atoms with Crippen LogP contribution in [0.1, 0.15) is 18.1 Å². The van der Waals surface area contributed by atoms with Crippen molar-refractivity contribution in [2.45, 2.75) is 19.9 Å². The molecule has 3 heteroatoms. The Morgan fingerprint density at radius 2 is 2.05 bits per heavy atom. The van der Waals surface area contributed by atoms with Crippen molar-refractivity contribution in [1.82, 2.24) is 0 Å². The third-order valence-electron chi connectivity index (χ3n) is 4.10. The second-order valence-electron chi connectivity index (χ2n) is 5.89. The molecule has 110 valence electrons. The van der Waals surface area contributed by atoms with Crippen molar-refractivity contribution in [3.63, 3.8) is 0 Å². The number of hydrogen-bond donors (Lipinski definition) is 1. The fourth-order valence-corrected chi connectivity index (χ4v) is 3.18. The molecule has 1 heterocycles. The topological polar surface area (TPSA) is 38.5 Å². The smallest absolute Gasteiger partial charge is 0.123 e. The van der Waals surface area contributed by atoms with Crippen LogP contribution in [-0.4, -0.2) is 13.7 Å². The Morgan fingerprint density at radius 1 is 1.24 bits per heavy atom. The fourth-order valence-electron chi connectivity index (χ4n) is 3.18. The maximum Gasteiger partial charge on any atom is 0.123 e. The maximum absolute atomic E-state index is 5.94. The maximum atomic E-state index is 5.94. The van der Waals surface area contributed by atoms with E-state index in [0.717, 1.165) is 36.5 Å². The molecule has 2 N–H and O–H groups in total. The summed E-state index contributed by atoms with van der Waals surface area (Å²) in [5.41, 5.74) is 10.6. The molecule has 1 atom stereocenters. The van der Waals surface area contributed by atoms with Gasteiger partial charge in [-0.1, -0.05) is 25.1 Å². The van der Waals surface area contributed by atoms with Gasteiger partial charge < -0.3 is 15.4 Å². The van der Waals surface area contributed by atoms with Crippen molar-refractivity contribution in [3.8, 4) is 5.75 Å². The predicted molar refractivity (Wildman–Crippen MR) is 87.8 cm³/mol. The minimum Gasteiger partial charge on any atom is -0.496 e. The Hall–Kier alpha value is -2.16. The Bertz CT molecular complexity index is 639. The zero-order chi connectivity index (χ0) is 14.8. The summed E-state index contributed by atoms with van der Waals surface area (Å²) in [4.78, 5) is 2.43. The number of nitrogens with zero attached hydrogens (tertiary/aromatic N) is 1. The first-order valence-corrected chi connectivity index (χ1v) is 7.42. The Labute approximate surface area is 126 Å². The highest BCUT2D eigenvalue weighted by atomic mass is 16.5. The van der Waals surface area contributed by atoms with Crippen molar-refractivity contribution >= 4 is 11.4 Å².